The second kappa shape index (κ2) is 5.43. The molecule has 2 rings (SSSR count). The largest absolute Gasteiger partial charge is 0.373 e. The molecular weight excluding hydrogens is 224 g/mol. The van der Waals surface area contributed by atoms with E-state index in [9.17, 15) is 4.79 Å². The van der Waals surface area contributed by atoms with E-state index in [2.05, 4.69) is 0 Å². The van der Waals surface area contributed by atoms with Gasteiger partial charge in [-0.3, -0.25) is 4.79 Å². The number of carbonyl (C=O) groups is 1. The molecular formula is C11H16N2O2S. The molecule has 0 aromatic carbocycles. The predicted molar refractivity (Wildman–Crippen MR) is 63.4 cm³/mol. The lowest BCUT2D eigenvalue weighted by Crippen LogP contribution is -2.48. The minimum absolute atomic E-state index is 0.000959. The first-order valence-corrected chi connectivity index (χ1v) is 6.29. The van der Waals surface area contributed by atoms with E-state index in [0.717, 1.165) is 4.88 Å². The van der Waals surface area contributed by atoms with Crippen LogP contribution >= 0.6 is 11.3 Å². The van der Waals surface area contributed by atoms with E-state index in [-0.39, 0.29) is 12.0 Å². The van der Waals surface area contributed by atoms with Gasteiger partial charge in [-0.1, -0.05) is 6.07 Å². The highest BCUT2D eigenvalue weighted by Gasteiger charge is 2.23. The van der Waals surface area contributed by atoms with Crippen molar-refractivity contribution in [1.82, 2.24) is 4.90 Å². The molecule has 4 nitrogen and oxygen atoms in total. The van der Waals surface area contributed by atoms with E-state index < -0.39 is 0 Å². The van der Waals surface area contributed by atoms with Crippen LogP contribution in [-0.2, 0) is 16.0 Å². The van der Waals surface area contributed by atoms with Crippen LogP contribution in [0.5, 0.6) is 0 Å². The highest BCUT2D eigenvalue weighted by Crippen LogP contribution is 2.12. The van der Waals surface area contributed by atoms with Gasteiger partial charge in [0.15, 0.2) is 0 Å². The number of amides is 1. The van der Waals surface area contributed by atoms with Crippen LogP contribution in [-0.4, -0.2) is 43.2 Å². The van der Waals surface area contributed by atoms with Crippen LogP contribution in [0.3, 0.4) is 0 Å². The van der Waals surface area contributed by atoms with Crippen LogP contribution in [0.15, 0.2) is 17.5 Å². The van der Waals surface area contributed by atoms with Gasteiger partial charge in [-0.2, -0.15) is 0 Å². The summed E-state index contributed by atoms with van der Waals surface area (Å²) < 4.78 is 5.43. The monoisotopic (exact) mass is 240 g/mol. The molecule has 1 unspecified atom stereocenters. The molecule has 0 bridgehead atoms. The van der Waals surface area contributed by atoms with Gasteiger partial charge in [-0.15, -0.1) is 11.3 Å². The summed E-state index contributed by atoms with van der Waals surface area (Å²) in [5.74, 6) is 0.171. The number of thiophene rings is 1. The standard InChI is InChI=1S/C11H16N2O2S/c12-7-9-8-13(3-4-15-9)11(14)6-10-2-1-5-16-10/h1-2,5,9H,3-4,6-8,12H2. The molecule has 1 aliphatic rings. The number of ether oxygens (including phenoxy) is 1. The normalized spacial score (nSPS) is 21.1. The molecule has 0 spiro atoms. The van der Waals surface area contributed by atoms with Crippen molar-refractivity contribution in [2.24, 2.45) is 5.73 Å². The Labute approximate surface area is 99.0 Å². The molecule has 16 heavy (non-hydrogen) atoms. The molecule has 88 valence electrons. The fraction of sp³-hybridized carbons (Fsp3) is 0.545. The van der Waals surface area contributed by atoms with Crippen LogP contribution in [0.1, 0.15) is 4.88 Å². The van der Waals surface area contributed by atoms with Gasteiger partial charge in [-0.25, -0.2) is 0 Å². The summed E-state index contributed by atoms with van der Waals surface area (Å²) in [5.41, 5.74) is 5.54. The third kappa shape index (κ3) is 2.81. The molecule has 1 saturated heterocycles. The fourth-order valence-electron chi connectivity index (χ4n) is 1.76. The van der Waals surface area contributed by atoms with Gasteiger partial charge in [-0.05, 0) is 11.4 Å². The van der Waals surface area contributed by atoms with E-state index in [1.165, 1.54) is 0 Å². The molecule has 1 amide bonds. The van der Waals surface area contributed by atoms with E-state index in [1.54, 1.807) is 11.3 Å². The van der Waals surface area contributed by atoms with Crippen molar-refractivity contribution in [3.63, 3.8) is 0 Å². The molecule has 5 heteroatoms. The quantitative estimate of drug-likeness (QED) is 0.836. The Bertz CT molecular complexity index is 340. The SMILES string of the molecule is NCC1CN(C(=O)Cc2cccs2)CCO1. The summed E-state index contributed by atoms with van der Waals surface area (Å²) in [4.78, 5) is 14.9. The average Bonchev–Trinajstić information content (AvgIpc) is 2.82. The zero-order valence-electron chi connectivity index (χ0n) is 9.09. The molecule has 0 aliphatic carbocycles. The van der Waals surface area contributed by atoms with Gasteiger partial charge in [0.25, 0.3) is 0 Å². The van der Waals surface area contributed by atoms with Crippen molar-refractivity contribution in [1.29, 1.82) is 0 Å². The lowest BCUT2D eigenvalue weighted by molar-refractivity contribution is -0.137. The number of hydrogen-bond donors (Lipinski definition) is 1. The molecule has 1 atom stereocenters. The van der Waals surface area contributed by atoms with Crippen molar-refractivity contribution in [3.05, 3.63) is 22.4 Å². The van der Waals surface area contributed by atoms with Crippen molar-refractivity contribution < 1.29 is 9.53 Å². The Kier molecular flexibility index (Phi) is 3.93. The minimum Gasteiger partial charge on any atom is -0.373 e. The number of nitrogens with zero attached hydrogens (tertiary/aromatic N) is 1. The van der Waals surface area contributed by atoms with Crippen LogP contribution < -0.4 is 5.73 Å². The topological polar surface area (TPSA) is 55.6 Å². The van der Waals surface area contributed by atoms with E-state index in [0.29, 0.717) is 32.7 Å². The Hall–Kier alpha value is -0.910. The van der Waals surface area contributed by atoms with Gasteiger partial charge in [0.2, 0.25) is 5.91 Å². The van der Waals surface area contributed by atoms with Gasteiger partial charge in [0.1, 0.15) is 0 Å². The third-order valence-corrected chi connectivity index (χ3v) is 3.54. The molecule has 1 aromatic heterocycles. The first-order chi connectivity index (χ1) is 7.79. The minimum atomic E-state index is 0.000959. The number of rotatable bonds is 3. The maximum Gasteiger partial charge on any atom is 0.227 e. The molecule has 1 aliphatic heterocycles. The van der Waals surface area contributed by atoms with E-state index in [1.807, 2.05) is 22.4 Å². The van der Waals surface area contributed by atoms with Gasteiger partial charge >= 0.3 is 0 Å². The Balaban J connectivity index is 1.89. The lowest BCUT2D eigenvalue weighted by atomic mass is 10.2. The van der Waals surface area contributed by atoms with Crippen molar-refractivity contribution in [3.8, 4) is 0 Å². The summed E-state index contributed by atoms with van der Waals surface area (Å²) in [5, 5.41) is 1.99. The van der Waals surface area contributed by atoms with E-state index >= 15 is 0 Å². The number of hydrogen-bond acceptors (Lipinski definition) is 4. The second-order valence-corrected chi connectivity index (χ2v) is 4.86. The smallest absolute Gasteiger partial charge is 0.227 e. The summed E-state index contributed by atoms with van der Waals surface area (Å²) in [6.45, 7) is 2.38. The average molecular weight is 240 g/mol. The van der Waals surface area contributed by atoms with Crippen LogP contribution in [0.2, 0.25) is 0 Å². The maximum absolute atomic E-state index is 12.0. The highest BCUT2D eigenvalue weighted by molar-refractivity contribution is 7.10. The molecule has 1 aromatic rings. The lowest BCUT2D eigenvalue weighted by Gasteiger charge is -2.32. The molecule has 1 fully saturated rings. The zero-order chi connectivity index (χ0) is 11.4. The fourth-order valence-corrected chi connectivity index (χ4v) is 2.46. The Morgan fingerprint density at radius 2 is 2.56 bits per heavy atom. The highest BCUT2D eigenvalue weighted by atomic mass is 32.1. The summed E-state index contributed by atoms with van der Waals surface area (Å²) in [7, 11) is 0. The van der Waals surface area contributed by atoms with Crippen molar-refractivity contribution >= 4 is 17.2 Å². The third-order valence-electron chi connectivity index (χ3n) is 2.66. The number of morpholine rings is 1. The van der Waals surface area contributed by atoms with Crippen LogP contribution in [0.25, 0.3) is 0 Å². The maximum atomic E-state index is 12.0. The van der Waals surface area contributed by atoms with Gasteiger partial charge < -0.3 is 15.4 Å². The number of carbonyl (C=O) groups excluding carboxylic acids is 1. The zero-order valence-corrected chi connectivity index (χ0v) is 9.91. The molecule has 2 heterocycles. The van der Waals surface area contributed by atoms with Crippen molar-refractivity contribution in [2.45, 2.75) is 12.5 Å². The van der Waals surface area contributed by atoms with Gasteiger partial charge in [0.05, 0.1) is 19.1 Å². The summed E-state index contributed by atoms with van der Waals surface area (Å²) in [6, 6.07) is 3.96. The molecule has 0 saturated carbocycles. The summed E-state index contributed by atoms with van der Waals surface area (Å²) >= 11 is 1.62. The first kappa shape index (κ1) is 11.6. The Morgan fingerprint density at radius 3 is 3.25 bits per heavy atom. The number of nitrogens with two attached hydrogens (primary N) is 1. The predicted octanol–water partition coefficient (Wildman–Crippen LogP) is 0.477. The summed E-state index contributed by atoms with van der Waals surface area (Å²) in [6.07, 6.45) is 0.496. The molecule has 0 radical (unpaired) electrons. The second-order valence-electron chi connectivity index (χ2n) is 3.82. The first-order valence-electron chi connectivity index (χ1n) is 5.41. The molecule has 2 N–H and O–H groups in total. The van der Waals surface area contributed by atoms with Crippen LogP contribution in [0.4, 0.5) is 0 Å². The Morgan fingerprint density at radius 1 is 1.69 bits per heavy atom. The van der Waals surface area contributed by atoms with Gasteiger partial charge in [0, 0.05) is 24.5 Å². The van der Waals surface area contributed by atoms with E-state index in [4.69, 9.17) is 10.5 Å². The van der Waals surface area contributed by atoms with Crippen LogP contribution in [0, 0.1) is 0 Å². The van der Waals surface area contributed by atoms with Crippen molar-refractivity contribution in [2.75, 3.05) is 26.2 Å².